The highest BCUT2D eigenvalue weighted by Crippen LogP contribution is 2.44. The second-order valence-corrected chi connectivity index (χ2v) is 9.92. The molecule has 0 spiro atoms. The van der Waals surface area contributed by atoms with Crippen LogP contribution in [0.2, 0.25) is 0 Å². The van der Waals surface area contributed by atoms with Crippen molar-refractivity contribution in [3.63, 3.8) is 0 Å². The molecule has 1 amide bonds. The van der Waals surface area contributed by atoms with Gasteiger partial charge in [0, 0.05) is 19.4 Å². The zero-order chi connectivity index (χ0) is 26.4. The van der Waals surface area contributed by atoms with Gasteiger partial charge in [-0.25, -0.2) is 9.59 Å². The third kappa shape index (κ3) is 6.49. The minimum Gasteiger partial charge on any atom is -0.467 e. The molecule has 1 atom stereocenters. The van der Waals surface area contributed by atoms with Crippen molar-refractivity contribution in [3.8, 4) is 16.9 Å². The molecule has 1 unspecified atom stereocenters. The maximum Gasteiger partial charge on any atom is 0.407 e. The van der Waals surface area contributed by atoms with Gasteiger partial charge in [0.15, 0.2) is 6.79 Å². The highest BCUT2D eigenvalue weighted by molar-refractivity contribution is 5.82. The van der Waals surface area contributed by atoms with Gasteiger partial charge in [0.05, 0.1) is 0 Å². The van der Waals surface area contributed by atoms with Crippen LogP contribution in [0.1, 0.15) is 43.4 Å². The van der Waals surface area contributed by atoms with Crippen LogP contribution in [-0.2, 0) is 25.4 Å². The molecule has 0 saturated carbocycles. The minimum absolute atomic E-state index is 0.0634. The van der Waals surface area contributed by atoms with E-state index in [4.69, 9.17) is 18.9 Å². The number of carbonyl (C=O) groups is 2. The number of fused-ring (bicyclic) bond motifs is 3. The summed E-state index contributed by atoms with van der Waals surface area (Å²) in [6.45, 7) is 5.56. The predicted molar refractivity (Wildman–Crippen MR) is 140 cm³/mol. The van der Waals surface area contributed by atoms with E-state index in [1.807, 2.05) is 42.5 Å². The Hall–Kier alpha value is -3.84. The van der Waals surface area contributed by atoms with E-state index in [2.05, 4.69) is 29.6 Å². The molecule has 0 bridgehead atoms. The lowest BCUT2D eigenvalue weighted by atomic mass is 9.98. The average molecular weight is 504 g/mol. The van der Waals surface area contributed by atoms with Crippen molar-refractivity contribution < 1.29 is 28.5 Å². The number of amides is 1. The van der Waals surface area contributed by atoms with E-state index in [-0.39, 0.29) is 25.7 Å². The minimum atomic E-state index is -0.970. The van der Waals surface area contributed by atoms with Gasteiger partial charge in [-0.1, -0.05) is 66.7 Å². The lowest BCUT2D eigenvalue weighted by Crippen LogP contribution is -2.46. The van der Waals surface area contributed by atoms with Crippen molar-refractivity contribution in [3.05, 3.63) is 89.5 Å². The zero-order valence-electron chi connectivity index (χ0n) is 21.7. The smallest absolute Gasteiger partial charge is 0.407 e. The van der Waals surface area contributed by atoms with Crippen molar-refractivity contribution in [2.24, 2.45) is 0 Å². The first-order valence-corrected chi connectivity index (χ1v) is 12.3. The standard InChI is InChI=1S/C30H33NO6/c1-30(2,3)37-28(32)26(17-20-11-5-10-16-27(20)36-19-34-4)31-29(33)35-18-25-23-14-8-6-12-21(23)22-13-7-9-15-24(22)25/h5-16,25-26H,17-19H2,1-4H3,(H,31,33). The van der Waals surface area contributed by atoms with Crippen LogP contribution < -0.4 is 10.1 Å². The molecule has 7 nitrogen and oxygen atoms in total. The number of para-hydroxylation sites is 1. The number of hydrogen-bond acceptors (Lipinski definition) is 6. The summed E-state index contributed by atoms with van der Waals surface area (Å²) in [6, 6.07) is 22.6. The van der Waals surface area contributed by atoms with E-state index in [0.29, 0.717) is 5.75 Å². The molecule has 1 N–H and O–H groups in total. The number of rotatable bonds is 9. The summed E-state index contributed by atoms with van der Waals surface area (Å²) in [4.78, 5) is 26.0. The maximum absolute atomic E-state index is 13.1. The van der Waals surface area contributed by atoms with Crippen LogP contribution in [-0.4, -0.2) is 44.2 Å². The van der Waals surface area contributed by atoms with Gasteiger partial charge in [-0.3, -0.25) is 0 Å². The number of carbonyl (C=O) groups excluding carboxylic acids is 2. The van der Waals surface area contributed by atoms with Gasteiger partial charge < -0.3 is 24.3 Å². The van der Waals surface area contributed by atoms with Crippen LogP contribution in [0, 0.1) is 0 Å². The zero-order valence-corrected chi connectivity index (χ0v) is 21.7. The van der Waals surface area contributed by atoms with Crippen LogP contribution >= 0.6 is 0 Å². The largest absolute Gasteiger partial charge is 0.467 e. The molecule has 0 aliphatic heterocycles. The number of ether oxygens (including phenoxy) is 4. The number of alkyl carbamates (subject to hydrolysis) is 1. The fraction of sp³-hybridized carbons (Fsp3) is 0.333. The molecule has 37 heavy (non-hydrogen) atoms. The number of esters is 1. The first-order chi connectivity index (χ1) is 17.8. The Kier molecular flexibility index (Phi) is 8.14. The van der Waals surface area contributed by atoms with Gasteiger partial charge in [0.2, 0.25) is 0 Å². The van der Waals surface area contributed by atoms with Gasteiger partial charge in [-0.15, -0.1) is 0 Å². The van der Waals surface area contributed by atoms with E-state index in [9.17, 15) is 9.59 Å². The van der Waals surface area contributed by atoms with Crippen molar-refractivity contribution in [2.75, 3.05) is 20.5 Å². The molecular formula is C30H33NO6. The van der Waals surface area contributed by atoms with Gasteiger partial charge in [0.25, 0.3) is 0 Å². The number of hydrogen-bond donors (Lipinski definition) is 1. The Morgan fingerprint density at radius 2 is 1.49 bits per heavy atom. The maximum atomic E-state index is 13.1. The summed E-state index contributed by atoms with van der Waals surface area (Å²) in [5, 5.41) is 2.72. The third-order valence-corrected chi connectivity index (χ3v) is 6.06. The van der Waals surface area contributed by atoms with Gasteiger partial charge in [0.1, 0.15) is 24.0 Å². The van der Waals surface area contributed by atoms with E-state index >= 15 is 0 Å². The molecular weight excluding hydrogens is 470 g/mol. The lowest BCUT2D eigenvalue weighted by Gasteiger charge is -2.25. The quantitative estimate of drug-likeness (QED) is 0.308. The van der Waals surface area contributed by atoms with Crippen molar-refractivity contribution in [1.29, 1.82) is 0 Å². The molecule has 194 valence electrons. The summed E-state index contributed by atoms with van der Waals surface area (Å²) in [5.41, 5.74) is 4.53. The Morgan fingerprint density at radius 3 is 2.11 bits per heavy atom. The normalized spacial score (nSPS) is 13.3. The molecule has 0 aromatic heterocycles. The molecule has 3 aromatic carbocycles. The second-order valence-electron chi connectivity index (χ2n) is 9.92. The number of benzene rings is 3. The summed E-state index contributed by atoms with van der Waals surface area (Å²) in [5.74, 6) is -0.0731. The van der Waals surface area contributed by atoms with Gasteiger partial charge >= 0.3 is 12.1 Å². The van der Waals surface area contributed by atoms with Gasteiger partial charge in [-0.2, -0.15) is 0 Å². The van der Waals surface area contributed by atoms with E-state index < -0.39 is 23.7 Å². The van der Waals surface area contributed by atoms with E-state index in [1.165, 1.54) is 7.11 Å². The molecule has 3 aromatic rings. The monoisotopic (exact) mass is 503 g/mol. The van der Waals surface area contributed by atoms with Crippen molar-refractivity contribution in [1.82, 2.24) is 5.32 Å². The second kappa shape index (κ2) is 11.5. The topological polar surface area (TPSA) is 83.1 Å². The SMILES string of the molecule is COCOc1ccccc1CC(NC(=O)OCC1c2ccccc2-c2ccccc21)C(=O)OC(C)(C)C. The molecule has 0 heterocycles. The van der Waals surface area contributed by atoms with Crippen LogP contribution in [0.5, 0.6) is 5.75 Å². The average Bonchev–Trinajstić information content (AvgIpc) is 3.19. The fourth-order valence-electron chi connectivity index (χ4n) is 4.50. The molecule has 0 fully saturated rings. The highest BCUT2D eigenvalue weighted by atomic mass is 16.7. The van der Waals surface area contributed by atoms with E-state index in [0.717, 1.165) is 27.8 Å². The molecule has 1 aliphatic rings. The summed E-state index contributed by atoms with van der Waals surface area (Å²) in [7, 11) is 1.53. The lowest BCUT2D eigenvalue weighted by molar-refractivity contribution is -0.157. The van der Waals surface area contributed by atoms with Crippen LogP contribution in [0.15, 0.2) is 72.8 Å². The van der Waals surface area contributed by atoms with Crippen LogP contribution in [0.3, 0.4) is 0 Å². The number of methoxy groups -OCH3 is 1. The fourth-order valence-corrected chi connectivity index (χ4v) is 4.50. The summed E-state index contributed by atoms with van der Waals surface area (Å²) < 4.78 is 21.9. The molecule has 0 saturated heterocycles. The predicted octanol–water partition coefficient (Wildman–Crippen LogP) is 5.46. The first-order valence-electron chi connectivity index (χ1n) is 12.3. The Balaban J connectivity index is 1.48. The van der Waals surface area contributed by atoms with E-state index in [1.54, 1.807) is 26.8 Å². The highest BCUT2D eigenvalue weighted by Gasteiger charge is 2.31. The molecule has 0 radical (unpaired) electrons. The van der Waals surface area contributed by atoms with Crippen molar-refractivity contribution >= 4 is 12.1 Å². The van der Waals surface area contributed by atoms with Crippen LogP contribution in [0.4, 0.5) is 4.79 Å². The number of nitrogens with one attached hydrogen (secondary N) is 1. The third-order valence-electron chi connectivity index (χ3n) is 6.06. The Labute approximate surface area is 217 Å². The first kappa shape index (κ1) is 26.2. The van der Waals surface area contributed by atoms with Crippen LogP contribution in [0.25, 0.3) is 11.1 Å². The summed E-state index contributed by atoms with van der Waals surface area (Å²) in [6.07, 6.45) is -0.521. The van der Waals surface area contributed by atoms with Crippen molar-refractivity contribution in [2.45, 2.75) is 44.8 Å². The van der Waals surface area contributed by atoms with Gasteiger partial charge in [-0.05, 0) is 54.7 Å². The molecule has 4 rings (SSSR count). The Morgan fingerprint density at radius 1 is 0.892 bits per heavy atom. The summed E-state index contributed by atoms with van der Waals surface area (Å²) >= 11 is 0. The molecule has 7 heteroatoms. The Bertz CT molecular complexity index is 1200. The molecule has 1 aliphatic carbocycles.